The number of nitrogens with one attached hydrogen (secondary N) is 1. The molecule has 0 spiro atoms. The maximum Gasteiger partial charge on any atom is 0.254 e. The van der Waals surface area contributed by atoms with Gasteiger partial charge in [0.1, 0.15) is 12.4 Å². The molecule has 0 unspecified atom stereocenters. The minimum atomic E-state index is -0.606. The molecule has 0 aliphatic rings. The highest BCUT2D eigenvalue weighted by Crippen LogP contribution is 2.10. The Kier molecular flexibility index (Phi) is 7.44. The first-order valence-corrected chi connectivity index (χ1v) is 6.87. The van der Waals surface area contributed by atoms with Crippen LogP contribution in [0.5, 0.6) is 0 Å². The summed E-state index contributed by atoms with van der Waals surface area (Å²) in [6, 6.07) is 4.17. The molecule has 0 aliphatic carbocycles. The van der Waals surface area contributed by atoms with Crippen molar-refractivity contribution in [1.82, 2.24) is 10.2 Å². The number of carbonyl (C=O) groups is 1. The summed E-state index contributed by atoms with van der Waals surface area (Å²) in [5, 5.41) is 11.3. The van der Waals surface area contributed by atoms with Gasteiger partial charge in [0, 0.05) is 12.1 Å². The fourth-order valence-electron chi connectivity index (χ4n) is 1.77. The van der Waals surface area contributed by atoms with E-state index >= 15 is 0 Å². The number of benzene rings is 1. The molecule has 4 nitrogen and oxygen atoms in total. The number of carbonyl (C=O) groups excluding carboxylic acids is 1. The number of aliphatic hydroxyl groups excluding tert-OH is 1. The van der Waals surface area contributed by atoms with Crippen LogP contribution in [-0.2, 0) is 0 Å². The molecule has 1 aromatic rings. The minimum absolute atomic E-state index is 0.0113. The number of unbranched alkanes of at least 4 members (excludes halogenated alkanes) is 1. The van der Waals surface area contributed by atoms with Crippen LogP contribution in [0.15, 0.2) is 18.2 Å². The highest BCUT2D eigenvalue weighted by Gasteiger charge is 2.11. The molecule has 1 aromatic carbocycles. The van der Waals surface area contributed by atoms with E-state index in [2.05, 4.69) is 22.1 Å². The van der Waals surface area contributed by atoms with Crippen LogP contribution in [0.4, 0.5) is 4.39 Å². The zero-order valence-electron chi connectivity index (χ0n) is 12.4. The fourth-order valence-corrected chi connectivity index (χ4v) is 1.77. The Morgan fingerprint density at radius 1 is 1.38 bits per heavy atom. The summed E-state index contributed by atoms with van der Waals surface area (Å²) in [6.45, 7) is 1.21. The van der Waals surface area contributed by atoms with Crippen molar-refractivity contribution in [3.63, 3.8) is 0 Å². The van der Waals surface area contributed by atoms with Crippen LogP contribution in [-0.4, -0.2) is 49.7 Å². The van der Waals surface area contributed by atoms with Crippen molar-refractivity contribution in [1.29, 1.82) is 0 Å². The van der Waals surface area contributed by atoms with Gasteiger partial charge in [-0.05, 0) is 51.7 Å². The molecule has 0 atom stereocenters. The summed E-state index contributed by atoms with van der Waals surface area (Å²) >= 11 is 0. The zero-order chi connectivity index (χ0) is 15.7. The standard InChI is InChI=1S/C16H21FN2O2/c1-19(2)10-4-3-9-18-16(21)14-8-7-13(6-5-11-20)12-15(14)17/h7-8,12,20H,3-4,9-11H2,1-2H3,(H,18,21). The van der Waals surface area contributed by atoms with Crippen LogP contribution in [0.1, 0.15) is 28.8 Å². The summed E-state index contributed by atoms with van der Waals surface area (Å²) in [5.41, 5.74) is 0.446. The molecule has 21 heavy (non-hydrogen) atoms. The summed E-state index contributed by atoms with van der Waals surface area (Å²) < 4.78 is 13.8. The van der Waals surface area contributed by atoms with Crippen molar-refractivity contribution < 1.29 is 14.3 Å². The normalized spacial score (nSPS) is 10.1. The molecule has 2 N–H and O–H groups in total. The van der Waals surface area contributed by atoms with Gasteiger partial charge in [-0.2, -0.15) is 0 Å². The number of amides is 1. The Morgan fingerprint density at radius 2 is 2.14 bits per heavy atom. The maximum absolute atomic E-state index is 13.8. The Morgan fingerprint density at radius 3 is 2.76 bits per heavy atom. The molecule has 0 saturated heterocycles. The van der Waals surface area contributed by atoms with Crippen LogP contribution in [0, 0.1) is 17.7 Å². The molecule has 0 saturated carbocycles. The van der Waals surface area contributed by atoms with Gasteiger partial charge >= 0.3 is 0 Å². The van der Waals surface area contributed by atoms with E-state index in [1.165, 1.54) is 12.1 Å². The largest absolute Gasteiger partial charge is 0.384 e. The topological polar surface area (TPSA) is 52.6 Å². The summed E-state index contributed by atoms with van der Waals surface area (Å²) in [5.74, 6) is 4.00. The maximum atomic E-state index is 13.8. The molecule has 0 bridgehead atoms. The number of halogens is 1. The van der Waals surface area contributed by atoms with Crippen molar-refractivity contribution in [3.8, 4) is 11.8 Å². The Balaban J connectivity index is 2.51. The lowest BCUT2D eigenvalue weighted by Crippen LogP contribution is -2.26. The lowest BCUT2D eigenvalue weighted by atomic mass is 10.1. The lowest BCUT2D eigenvalue weighted by Gasteiger charge is -2.09. The predicted octanol–water partition coefficient (Wildman–Crippen LogP) is 1.24. The van der Waals surface area contributed by atoms with Crippen LogP contribution in [0.25, 0.3) is 0 Å². The zero-order valence-corrected chi connectivity index (χ0v) is 12.4. The number of hydrogen-bond donors (Lipinski definition) is 2. The summed E-state index contributed by atoms with van der Waals surface area (Å²) in [4.78, 5) is 13.9. The average Bonchev–Trinajstić information content (AvgIpc) is 2.44. The van der Waals surface area contributed by atoms with E-state index in [0.29, 0.717) is 12.1 Å². The highest BCUT2D eigenvalue weighted by molar-refractivity contribution is 5.94. The molecule has 0 heterocycles. The van der Waals surface area contributed by atoms with E-state index in [1.807, 2.05) is 14.1 Å². The second-order valence-electron chi connectivity index (χ2n) is 4.92. The van der Waals surface area contributed by atoms with Gasteiger partial charge in [0.25, 0.3) is 5.91 Å². The van der Waals surface area contributed by atoms with E-state index in [4.69, 9.17) is 5.11 Å². The Labute approximate surface area is 125 Å². The van der Waals surface area contributed by atoms with Gasteiger partial charge in [0.2, 0.25) is 0 Å². The fraction of sp³-hybridized carbons (Fsp3) is 0.438. The van der Waals surface area contributed by atoms with E-state index in [9.17, 15) is 9.18 Å². The Bertz CT molecular complexity index is 533. The molecular formula is C16H21FN2O2. The average molecular weight is 292 g/mol. The van der Waals surface area contributed by atoms with Crippen LogP contribution in [0.3, 0.4) is 0 Å². The van der Waals surface area contributed by atoms with Gasteiger partial charge in [-0.1, -0.05) is 11.8 Å². The molecular weight excluding hydrogens is 271 g/mol. The van der Waals surface area contributed by atoms with Crippen LogP contribution < -0.4 is 5.32 Å². The first kappa shape index (κ1) is 17.2. The van der Waals surface area contributed by atoms with Crippen LogP contribution in [0.2, 0.25) is 0 Å². The van der Waals surface area contributed by atoms with Gasteiger partial charge in [-0.15, -0.1) is 0 Å². The summed E-state index contributed by atoms with van der Waals surface area (Å²) in [7, 11) is 3.99. The number of aliphatic hydroxyl groups is 1. The van der Waals surface area contributed by atoms with Gasteiger partial charge < -0.3 is 15.3 Å². The second-order valence-corrected chi connectivity index (χ2v) is 4.92. The van der Waals surface area contributed by atoms with Gasteiger partial charge in [-0.3, -0.25) is 4.79 Å². The summed E-state index contributed by atoms with van der Waals surface area (Å²) in [6.07, 6.45) is 1.83. The molecule has 0 aromatic heterocycles. The molecule has 5 heteroatoms. The predicted molar refractivity (Wildman–Crippen MR) is 80.5 cm³/mol. The second kappa shape index (κ2) is 9.11. The smallest absolute Gasteiger partial charge is 0.254 e. The number of hydrogen-bond acceptors (Lipinski definition) is 3. The lowest BCUT2D eigenvalue weighted by molar-refractivity contribution is 0.0948. The van der Waals surface area contributed by atoms with Gasteiger partial charge in [0.15, 0.2) is 0 Å². The van der Waals surface area contributed by atoms with Gasteiger partial charge in [0.05, 0.1) is 5.56 Å². The van der Waals surface area contributed by atoms with Crippen molar-refractivity contribution in [2.45, 2.75) is 12.8 Å². The monoisotopic (exact) mass is 292 g/mol. The van der Waals surface area contributed by atoms with E-state index in [0.717, 1.165) is 19.4 Å². The quantitative estimate of drug-likeness (QED) is 0.613. The first-order valence-electron chi connectivity index (χ1n) is 6.87. The number of nitrogens with zero attached hydrogens (tertiary/aromatic N) is 1. The molecule has 1 rings (SSSR count). The molecule has 1 amide bonds. The van der Waals surface area contributed by atoms with Crippen LogP contribution >= 0.6 is 0 Å². The third kappa shape index (κ3) is 6.39. The SMILES string of the molecule is CN(C)CCCCNC(=O)c1ccc(C#CCO)cc1F. The molecule has 0 fully saturated rings. The third-order valence-corrected chi connectivity index (χ3v) is 2.84. The van der Waals surface area contributed by atoms with Gasteiger partial charge in [-0.25, -0.2) is 4.39 Å². The van der Waals surface area contributed by atoms with Crippen molar-refractivity contribution in [3.05, 3.63) is 35.1 Å². The minimum Gasteiger partial charge on any atom is -0.384 e. The van der Waals surface area contributed by atoms with Crippen molar-refractivity contribution in [2.75, 3.05) is 33.8 Å². The highest BCUT2D eigenvalue weighted by atomic mass is 19.1. The van der Waals surface area contributed by atoms with E-state index in [1.54, 1.807) is 6.07 Å². The molecule has 0 aliphatic heterocycles. The van der Waals surface area contributed by atoms with E-state index < -0.39 is 11.7 Å². The first-order chi connectivity index (χ1) is 10.0. The number of rotatable bonds is 6. The Hall–Kier alpha value is -1.90. The molecule has 114 valence electrons. The third-order valence-electron chi connectivity index (χ3n) is 2.84. The molecule has 0 radical (unpaired) electrons. The van der Waals surface area contributed by atoms with Crippen molar-refractivity contribution >= 4 is 5.91 Å². The van der Waals surface area contributed by atoms with E-state index in [-0.39, 0.29) is 12.2 Å². The van der Waals surface area contributed by atoms with Crippen molar-refractivity contribution in [2.24, 2.45) is 0 Å².